The van der Waals surface area contributed by atoms with Crippen molar-refractivity contribution in [3.8, 4) is 0 Å². The predicted octanol–water partition coefficient (Wildman–Crippen LogP) is 3.18. The van der Waals surface area contributed by atoms with Gasteiger partial charge in [0, 0.05) is 12.4 Å². The van der Waals surface area contributed by atoms with Gasteiger partial charge in [-0.1, -0.05) is 43.7 Å². The Morgan fingerprint density at radius 1 is 1.40 bits per heavy atom. The highest BCUT2D eigenvalue weighted by molar-refractivity contribution is 5.67. The van der Waals surface area contributed by atoms with Crippen molar-refractivity contribution in [2.75, 3.05) is 0 Å². The number of rotatable bonds is 6. The average Bonchev–Trinajstić information content (AvgIpc) is 3.00. The van der Waals surface area contributed by atoms with E-state index in [9.17, 15) is 4.79 Å². The maximum absolute atomic E-state index is 11.8. The van der Waals surface area contributed by atoms with Crippen molar-refractivity contribution in [2.24, 2.45) is 0 Å². The molecule has 2 N–H and O–H groups in total. The van der Waals surface area contributed by atoms with Gasteiger partial charge in [0.25, 0.3) is 0 Å². The Balaban J connectivity index is 1.86. The summed E-state index contributed by atoms with van der Waals surface area (Å²) < 4.78 is 5.21. The Bertz CT molecular complexity index is 511. The van der Waals surface area contributed by atoms with E-state index in [4.69, 9.17) is 4.74 Å². The summed E-state index contributed by atoms with van der Waals surface area (Å²) in [6, 6.07) is 9.46. The first kappa shape index (κ1) is 14.1. The number of hydrogen-bond acceptors (Lipinski definition) is 3. The summed E-state index contributed by atoms with van der Waals surface area (Å²) in [4.78, 5) is 19.0. The lowest BCUT2D eigenvalue weighted by atomic mass is 10.1. The van der Waals surface area contributed by atoms with Gasteiger partial charge in [0.2, 0.25) is 0 Å². The monoisotopic (exact) mass is 273 g/mol. The molecule has 5 nitrogen and oxygen atoms in total. The average molecular weight is 273 g/mol. The van der Waals surface area contributed by atoms with E-state index in [-0.39, 0.29) is 12.6 Å². The van der Waals surface area contributed by atoms with Crippen molar-refractivity contribution in [1.29, 1.82) is 0 Å². The summed E-state index contributed by atoms with van der Waals surface area (Å²) in [6.45, 7) is 2.33. The van der Waals surface area contributed by atoms with Gasteiger partial charge in [0.05, 0.1) is 6.04 Å². The van der Waals surface area contributed by atoms with Crippen molar-refractivity contribution in [3.63, 3.8) is 0 Å². The summed E-state index contributed by atoms with van der Waals surface area (Å²) in [5, 5.41) is 2.84. The van der Waals surface area contributed by atoms with Gasteiger partial charge < -0.3 is 15.0 Å². The number of carbonyl (C=O) groups excluding carboxylic acids is 1. The number of alkyl carbamates (subject to hydrolysis) is 1. The van der Waals surface area contributed by atoms with Crippen LogP contribution in [0.2, 0.25) is 0 Å². The van der Waals surface area contributed by atoms with Gasteiger partial charge in [-0.15, -0.1) is 0 Å². The number of aromatic amines is 1. The molecule has 1 amide bonds. The van der Waals surface area contributed by atoms with Crippen LogP contribution in [0.4, 0.5) is 4.79 Å². The Morgan fingerprint density at radius 3 is 2.85 bits per heavy atom. The van der Waals surface area contributed by atoms with Crippen LogP contribution in [-0.4, -0.2) is 16.1 Å². The molecule has 1 heterocycles. The largest absolute Gasteiger partial charge is 0.445 e. The number of ether oxygens (including phenoxy) is 1. The van der Waals surface area contributed by atoms with Gasteiger partial charge in [-0.25, -0.2) is 9.78 Å². The van der Waals surface area contributed by atoms with Gasteiger partial charge in [-0.3, -0.25) is 0 Å². The second-order valence-electron chi connectivity index (χ2n) is 4.52. The highest BCUT2D eigenvalue weighted by Gasteiger charge is 2.16. The Hall–Kier alpha value is -2.30. The molecule has 0 spiro atoms. The lowest BCUT2D eigenvalue weighted by Gasteiger charge is -2.15. The molecule has 20 heavy (non-hydrogen) atoms. The molecular formula is C15H19N3O2. The third kappa shape index (κ3) is 4.12. The highest BCUT2D eigenvalue weighted by atomic mass is 16.5. The van der Waals surface area contributed by atoms with E-state index in [1.807, 2.05) is 30.3 Å². The van der Waals surface area contributed by atoms with Crippen molar-refractivity contribution < 1.29 is 9.53 Å². The minimum Gasteiger partial charge on any atom is -0.445 e. The van der Waals surface area contributed by atoms with Gasteiger partial charge in [-0.2, -0.15) is 0 Å². The van der Waals surface area contributed by atoms with Crippen LogP contribution in [0.1, 0.15) is 37.2 Å². The molecule has 0 aliphatic carbocycles. The number of carbonyl (C=O) groups is 1. The number of imidazole rings is 1. The van der Waals surface area contributed by atoms with Crippen molar-refractivity contribution >= 4 is 6.09 Å². The second kappa shape index (κ2) is 7.33. The van der Waals surface area contributed by atoms with Crippen molar-refractivity contribution in [2.45, 2.75) is 32.4 Å². The summed E-state index contributed by atoms with van der Waals surface area (Å²) in [7, 11) is 0. The zero-order valence-electron chi connectivity index (χ0n) is 11.5. The third-order valence-electron chi connectivity index (χ3n) is 2.93. The zero-order chi connectivity index (χ0) is 14.2. The Morgan fingerprint density at radius 2 is 2.20 bits per heavy atom. The topological polar surface area (TPSA) is 67.0 Å². The Labute approximate surface area is 118 Å². The fourth-order valence-corrected chi connectivity index (χ4v) is 1.94. The zero-order valence-corrected chi connectivity index (χ0v) is 11.5. The third-order valence-corrected chi connectivity index (χ3v) is 2.93. The number of amides is 1. The molecule has 0 radical (unpaired) electrons. The first-order chi connectivity index (χ1) is 9.79. The van der Waals surface area contributed by atoms with E-state index < -0.39 is 6.09 Å². The number of nitrogens with one attached hydrogen (secondary N) is 2. The van der Waals surface area contributed by atoms with Crippen molar-refractivity contribution in [1.82, 2.24) is 15.3 Å². The fourth-order valence-electron chi connectivity index (χ4n) is 1.94. The lowest BCUT2D eigenvalue weighted by molar-refractivity contribution is 0.134. The first-order valence-corrected chi connectivity index (χ1v) is 6.76. The maximum Gasteiger partial charge on any atom is 0.408 e. The molecule has 0 saturated heterocycles. The molecule has 0 aliphatic rings. The lowest BCUT2D eigenvalue weighted by Crippen LogP contribution is -2.29. The number of nitrogens with zero attached hydrogens (tertiary/aromatic N) is 1. The molecule has 1 atom stereocenters. The summed E-state index contributed by atoms with van der Waals surface area (Å²) in [5.41, 5.74) is 0.965. The Kier molecular flexibility index (Phi) is 5.17. The van der Waals surface area contributed by atoms with E-state index >= 15 is 0 Å². The van der Waals surface area contributed by atoms with E-state index in [2.05, 4.69) is 22.2 Å². The van der Waals surface area contributed by atoms with Crippen LogP contribution in [0.15, 0.2) is 42.7 Å². The molecule has 1 aromatic heterocycles. The number of aromatic nitrogens is 2. The molecule has 2 aromatic rings. The second-order valence-corrected chi connectivity index (χ2v) is 4.52. The smallest absolute Gasteiger partial charge is 0.408 e. The van der Waals surface area contributed by atoms with Crippen LogP contribution in [0.5, 0.6) is 0 Å². The van der Waals surface area contributed by atoms with Crippen LogP contribution in [0.25, 0.3) is 0 Å². The molecular weight excluding hydrogens is 254 g/mol. The molecule has 0 fully saturated rings. The van der Waals surface area contributed by atoms with Crippen LogP contribution < -0.4 is 5.32 Å². The molecule has 0 bridgehead atoms. The first-order valence-electron chi connectivity index (χ1n) is 6.76. The van der Waals surface area contributed by atoms with E-state index in [0.29, 0.717) is 0 Å². The number of H-pyrrole nitrogens is 1. The molecule has 0 unspecified atom stereocenters. The highest BCUT2D eigenvalue weighted by Crippen LogP contribution is 2.14. The summed E-state index contributed by atoms with van der Waals surface area (Å²) >= 11 is 0. The van der Waals surface area contributed by atoms with E-state index in [1.54, 1.807) is 12.4 Å². The molecule has 0 saturated carbocycles. The van der Waals surface area contributed by atoms with Gasteiger partial charge in [0.15, 0.2) is 0 Å². The van der Waals surface area contributed by atoms with E-state index in [0.717, 1.165) is 24.2 Å². The van der Waals surface area contributed by atoms with Crippen LogP contribution in [0, 0.1) is 0 Å². The molecule has 106 valence electrons. The summed E-state index contributed by atoms with van der Waals surface area (Å²) in [5.74, 6) is 0.753. The summed E-state index contributed by atoms with van der Waals surface area (Å²) in [6.07, 6.45) is 4.76. The molecule has 1 aromatic carbocycles. The minimum absolute atomic E-state index is 0.140. The van der Waals surface area contributed by atoms with Gasteiger partial charge in [-0.05, 0) is 12.0 Å². The molecule has 2 rings (SSSR count). The van der Waals surface area contributed by atoms with Crippen LogP contribution in [0.3, 0.4) is 0 Å². The number of benzene rings is 1. The molecule has 0 aliphatic heterocycles. The SMILES string of the molecule is CCC[C@H](NC(=O)OCc1ccccc1)c1ncc[nH]1. The fraction of sp³-hybridized carbons (Fsp3) is 0.333. The normalized spacial score (nSPS) is 11.8. The van der Waals surface area contributed by atoms with Crippen LogP contribution >= 0.6 is 0 Å². The van der Waals surface area contributed by atoms with Crippen molar-refractivity contribution in [3.05, 3.63) is 54.1 Å². The number of hydrogen-bond donors (Lipinski definition) is 2. The quantitative estimate of drug-likeness (QED) is 0.849. The maximum atomic E-state index is 11.8. The van der Waals surface area contributed by atoms with Gasteiger partial charge in [0.1, 0.15) is 12.4 Å². The minimum atomic E-state index is -0.427. The van der Waals surface area contributed by atoms with Gasteiger partial charge >= 0.3 is 6.09 Å². The standard InChI is InChI=1S/C15H19N3O2/c1-2-6-13(14-16-9-10-17-14)18-15(19)20-11-12-7-4-3-5-8-12/h3-5,7-10,13H,2,6,11H2,1H3,(H,16,17)(H,18,19)/t13-/m0/s1. The predicted molar refractivity (Wildman–Crippen MR) is 76.0 cm³/mol. The molecule has 5 heteroatoms. The van der Waals surface area contributed by atoms with Crippen LogP contribution in [-0.2, 0) is 11.3 Å². The van der Waals surface area contributed by atoms with E-state index in [1.165, 1.54) is 0 Å².